The summed E-state index contributed by atoms with van der Waals surface area (Å²) in [6.45, 7) is 2.05. The summed E-state index contributed by atoms with van der Waals surface area (Å²) >= 11 is 0. The highest BCUT2D eigenvalue weighted by molar-refractivity contribution is 6.10. The average Bonchev–Trinajstić information content (AvgIpc) is 2.98. The molecular weight excluding hydrogens is 218 g/mol. The maximum absolute atomic E-state index is 5.37. The molecule has 0 aliphatic carbocycles. The van der Waals surface area contributed by atoms with Gasteiger partial charge < -0.3 is 9.72 Å². The third kappa shape index (κ3) is 1.42. The van der Waals surface area contributed by atoms with Gasteiger partial charge in [0.05, 0.1) is 12.6 Å². The molecule has 0 atom stereocenters. The molecule has 0 unspecified atom stereocenters. The Hall–Kier alpha value is -2.21. The number of aryl methyl sites for hydroxylation is 1. The number of nitrogens with one attached hydrogen (secondary N) is 4. The zero-order valence-corrected chi connectivity index (χ0v) is 9.59. The van der Waals surface area contributed by atoms with E-state index < -0.39 is 0 Å². The highest BCUT2D eigenvalue weighted by atomic mass is 16.5. The number of aromatic nitrogens is 1. The van der Waals surface area contributed by atoms with Crippen molar-refractivity contribution in [1.82, 2.24) is 21.5 Å². The van der Waals surface area contributed by atoms with Crippen molar-refractivity contribution in [1.29, 1.82) is 0 Å². The summed E-state index contributed by atoms with van der Waals surface area (Å²) in [5, 5.41) is 5.19. The molecule has 1 aliphatic heterocycles. The number of hydrogen-bond donors (Lipinski definition) is 4. The summed E-state index contributed by atoms with van der Waals surface area (Å²) < 4.78 is 5.37. The van der Waals surface area contributed by atoms with Gasteiger partial charge in [0, 0.05) is 17.1 Å². The monoisotopic (exact) mass is 231 g/mol. The molecule has 0 radical (unpaired) electrons. The van der Waals surface area contributed by atoms with E-state index in [0.29, 0.717) is 0 Å². The van der Waals surface area contributed by atoms with Gasteiger partial charge in [-0.3, -0.25) is 5.43 Å². The van der Waals surface area contributed by atoms with Crippen LogP contribution in [0.25, 0.3) is 10.9 Å². The first-order chi connectivity index (χ1) is 8.31. The molecule has 0 spiro atoms. The Kier molecular flexibility index (Phi) is 2.15. The number of hydrogen-bond acceptors (Lipinski definition) is 5. The highest BCUT2D eigenvalue weighted by Gasteiger charge is 2.16. The number of benzene rings is 1. The van der Waals surface area contributed by atoms with E-state index in [9.17, 15) is 0 Å². The molecule has 0 amide bonds. The first-order valence-electron chi connectivity index (χ1n) is 5.30. The van der Waals surface area contributed by atoms with Crippen LogP contribution in [0, 0.1) is 6.92 Å². The van der Waals surface area contributed by atoms with Crippen molar-refractivity contribution in [2.75, 3.05) is 7.11 Å². The number of nitrogens with zero attached hydrogens (tertiary/aromatic N) is 1. The van der Waals surface area contributed by atoms with Crippen molar-refractivity contribution < 1.29 is 4.74 Å². The van der Waals surface area contributed by atoms with E-state index in [2.05, 4.69) is 26.6 Å². The number of rotatable bonds is 2. The second kappa shape index (κ2) is 3.67. The van der Waals surface area contributed by atoms with Crippen LogP contribution in [0.2, 0.25) is 0 Å². The molecule has 0 saturated heterocycles. The first-order valence-corrected chi connectivity index (χ1v) is 5.30. The number of hydrazone groups is 1. The van der Waals surface area contributed by atoms with E-state index in [1.807, 2.05) is 25.3 Å². The van der Waals surface area contributed by atoms with Gasteiger partial charge in [-0.1, -0.05) is 0 Å². The number of H-pyrrole nitrogens is 1. The topological polar surface area (TPSA) is 73.5 Å². The Bertz CT molecular complexity index is 601. The van der Waals surface area contributed by atoms with Gasteiger partial charge in [-0.2, -0.15) is 0 Å². The van der Waals surface area contributed by atoms with Crippen molar-refractivity contribution in [2.45, 2.75) is 6.92 Å². The van der Waals surface area contributed by atoms with E-state index >= 15 is 0 Å². The van der Waals surface area contributed by atoms with E-state index in [0.717, 1.165) is 33.6 Å². The van der Waals surface area contributed by atoms with Gasteiger partial charge in [-0.25, -0.2) is 5.53 Å². The quantitative estimate of drug-likeness (QED) is 0.615. The van der Waals surface area contributed by atoms with Crippen LogP contribution in [-0.4, -0.2) is 17.9 Å². The molecule has 6 nitrogen and oxygen atoms in total. The fourth-order valence-electron chi connectivity index (χ4n) is 2.07. The Morgan fingerprint density at radius 1 is 1.29 bits per heavy atom. The molecule has 6 heteroatoms. The third-order valence-corrected chi connectivity index (χ3v) is 2.87. The van der Waals surface area contributed by atoms with Gasteiger partial charge in [0.1, 0.15) is 5.75 Å². The maximum Gasteiger partial charge on any atom is 0.172 e. The third-order valence-electron chi connectivity index (χ3n) is 2.87. The molecule has 0 bridgehead atoms. The van der Waals surface area contributed by atoms with Crippen LogP contribution in [0.1, 0.15) is 11.1 Å². The second-order valence-electron chi connectivity index (χ2n) is 3.86. The van der Waals surface area contributed by atoms with Gasteiger partial charge >= 0.3 is 0 Å². The second-order valence-corrected chi connectivity index (χ2v) is 3.86. The molecule has 1 aliphatic rings. The van der Waals surface area contributed by atoms with Crippen molar-refractivity contribution in [3.8, 4) is 5.75 Å². The molecule has 4 N–H and O–H groups in total. The summed E-state index contributed by atoms with van der Waals surface area (Å²) in [6.07, 6.45) is 1.97. The molecule has 0 saturated carbocycles. The molecule has 1 aromatic heterocycles. The van der Waals surface area contributed by atoms with Gasteiger partial charge in [-0.05, 0) is 24.6 Å². The lowest BCUT2D eigenvalue weighted by Gasteiger charge is -2.07. The van der Waals surface area contributed by atoms with Crippen LogP contribution >= 0.6 is 0 Å². The van der Waals surface area contributed by atoms with Gasteiger partial charge in [0.2, 0.25) is 0 Å². The van der Waals surface area contributed by atoms with E-state index in [-0.39, 0.29) is 0 Å². The smallest absolute Gasteiger partial charge is 0.172 e. The maximum atomic E-state index is 5.37. The summed E-state index contributed by atoms with van der Waals surface area (Å²) in [4.78, 5) is 3.25. The van der Waals surface area contributed by atoms with Crippen LogP contribution in [0.4, 0.5) is 0 Å². The number of aromatic amines is 1. The number of methoxy groups -OCH3 is 1. The average molecular weight is 231 g/mol. The van der Waals surface area contributed by atoms with Gasteiger partial charge in [-0.15, -0.1) is 10.6 Å². The minimum atomic E-state index is 0.750. The lowest BCUT2D eigenvalue weighted by Crippen LogP contribution is -2.35. The Labute approximate surface area is 98.0 Å². The summed E-state index contributed by atoms with van der Waals surface area (Å²) in [5.74, 6) is 1.61. The molecule has 17 heavy (non-hydrogen) atoms. The van der Waals surface area contributed by atoms with Crippen molar-refractivity contribution >= 4 is 16.7 Å². The van der Waals surface area contributed by atoms with Crippen LogP contribution in [0.3, 0.4) is 0 Å². The lowest BCUT2D eigenvalue weighted by molar-refractivity contribution is 0.419. The Balaban J connectivity index is 2.27. The number of amidine groups is 1. The Morgan fingerprint density at radius 3 is 2.88 bits per heavy atom. The number of ether oxygens (including phenoxy) is 1. The number of fused-ring (bicyclic) bond motifs is 1. The standard InChI is InChI=1S/C11H13N5O/c1-6-5-12-10-7(11-13-15-16-14-11)3-4-8(17-2)9(6)10/h3-5,12,15-16H,1-2H3,(H,13,14). The van der Waals surface area contributed by atoms with E-state index in [4.69, 9.17) is 4.74 Å². The minimum Gasteiger partial charge on any atom is -0.496 e. The first kappa shape index (κ1) is 9.98. The SMILES string of the molecule is COc1ccc(C2=NNNN2)c2[nH]cc(C)c12. The fraction of sp³-hybridized carbons (Fsp3) is 0.182. The summed E-state index contributed by atoms with van der Waals surface area (Å²) in [6, 6.07) is 3.92. The van der Waals surface area contributed by atoms with Gasteiger partial charge in [0.15, 0.2) is 5.84 Å². The van der Waals surface area contributed by atoms with Gasteiger partial charge in [0.25, 0.3) is 0 Å². The summed E-state index contributed by atoms with van der Waals surface area (Å²) in [7, 11) is 1.68. The Morgan fingerprint density at radius 2 is 2.18 bits per heavy atom. The minimum absolute atomic E-state index is 0.750. The predicted octanol–water partition coefficient (Wildman–Crippen LogP) is 0.759. The van der Waals surface area contributed by atoms with Crippen LogP contribution in [0.5, 0.6) is 5.75 Å². The van der Waals surface area contributed by atoms with E-state index in [1.165, 1.54) is 0 Å². The van der Waals surface area contributed by atoms with E-state index in [1.54, 1.807) is 7.11 Å². The molecule has 0 fully saturated rings. The highest BCUT2D eigenvalue weighted by Crippen LogP contribution is 2.30. The summed E-state index contributed by atoms with van der Waals surface area (Å²) in [5.41, 5.74) is 11.5. The predicted molar refractivity (Wildman–Crippen MR) is 65.5 cm³/mol. The fourth-order valence-corrected chi connectivity index (χ4v) is 2.07. The number of hydrazine groups is 2. The van der Waals surface area contributed by atoms with Crippen molar-refractivity contribution in [3.05, 3.63) is 29.5 Å². The van der Waals surface area contributed by atoms with Crippen LogP contribution in [-0.2, 0) is 0 Å². The lowest BCUT2D eigenvalue weighted by atomic mass is 10.1. The zero-order chi connectivity index (χ0) is 11.8. The normalized spacial score (nSPS) is 14.4. The van der Waals surface area contributed by atoms with Crippen LogP contribution in [0.15, 0.2) is 23.4 Å². The van der Waals surface area contributed by atoms with Crippen molar-refractivity contribution in [2.24, 2.45) is 5.10 Å². The largest absolute Gasteiger partial charge is 0.496 e. The molecule has 1 aromatic carbocycles. The molecular formula is C11H13N5O. The van der Waals surface area contributed by atoms with Crippen molar-refractivity contribution in [3.63, 3.8) is 0 Å². The molecule has 2 heterocycles. The van der Waals surface area contributed by atoms with Crippen LogP contribution < -0.4 is 21.2 Å². The molecule has 2 aromatic rings. The molecule has 3 rings (SSSR count). The molecule has 88 valence electrons. The zero-order valence-electron chi connectivity index (χ0n) is 9.59.